The van der Waals surface area contributed by atoms with Crippen LogP contribution < -0.4 is 20.7 Å². The Labute approximate surface area is 159 Å². The average molecular weight is 364 g/mol. The third-order valence-electron chi connectivity index (χ3n) is 4.55. The smallest absolute Gasteiger partial charge is 0.221 e. The number of nitriles is 1. The van der Waals surface area contributed by atoms with Crippen LogP contribution in [-0.4, -0.2) is 19.1 Å². The quantitative estimate of drug-likeness (QED) is 0.744. The summed E-state index contributed by atoms with van der Waals surface area (Å²) in [6.45, 7) is 6.44. The highest BCUT2D eigenvalue weighted by Crippen LogP contribution is 2.41. The van der Waals surface area contributed by atoms with Crippen molar-refractivity contribution in [1.82, 2.24) is 0 Å². The van der Waals surface area contributed by atoms with Crippen LogP contribution in [0.3, 0.4) is 0 Å². The summed E-state index contributed by atoms with van der Waals surface area (Å²) in [6.07, 6.45) is 0. The van der Waals surface area contributed by atoms with Crippen LogP contribution >= 0.6 is 0 Å². The lowest BCUT2D eigenvalue weighted by Gasteiger charge is -2.33. The van der Waals surface area contributed by atoms with Crippen molar-refractivity contribution in [2.75, 3.05) is 29.1 Å². The van der Waals surface area contributed by atoms with Crippen LogP contribution in [-0.2, 0) is 4.79 Å². The molecule has 0 aromatic heterocycles. The normalized spacial score (nSPS) is 17.9. The molecular weight excluding hydrogens is 340 g/mol. The number of benzene rings is 2. The van der Waals surface area contributed by atoms with Gasteiger partial charge in [0, 0.05) is 36.5 Å². The number of carbonyl (C=O) groups excluding carboxylic acids is 1. The predicted octanol–water partition coefficient (Wildman–Crippen LogP) is 4.07. The molecule has 0 radical (unpaired) electrons. The summed E-state index contributed by atoms with van der Waals surface area (Å²) in [4.78, 5) is 11.6. The number of amides is 1. The molecule has 3 rings (SSSR count). The predicted molar refractivity (Wildman–Crippen MR) is 107 cm³/mol. The van der Waals surface area contributed by atoms with Gasteiger partial charge in [-0.25, -0.2) is 0 Å². The molecule has 0 aliphatic carbocycles. The van der Waals surface area contributed by atoms with Gasteiger partial charge in [-0.3, -0.25) is 4.79 Å². The van der Waals surface area contributed by atoms with E-state index < -0.39 is 0 Å². The Morgan fingerprint density at radius 3 is 2.70 bits per heavy atom. The Morgan fingerprint density at radius 1 is 1.33 bits per heavy atom. The lowest BCUT2D eigenvalue weighted by molar-refractivity contribution is -0.114. The highest BCUT2D eigenvalue weighted by molar-refractivity contribution is 5.91. The highest BCUT2D eigenvalue weighted by Gasteiger charge is 2.31. The molecule has 27 heavy (non-hydrogen) atoms. The van der Waals surface area contributed by atoms with Crippen LogP contribution in [0.25, 0.3) is 0 Å². The summed E-state index contributed by atoms with van der Waals surface area (Å²) in [5.41, 5.74) is 4.58. The summed E-state index contributed by atoms with van der Waals surface area (Å²) in [5, 5.41) is 19.3. The van der Waals surface area contributed by atoms with Gasteiger partial charge in [-0.1, -0.05) is 17.7 Å². The molecule has 2 aromatic carbocycles. The van der Waals surface area contributed by atoms with Crippen molar-refractivity contribution >= 4 is 23.0 Å². The summed E-state index contributed by atoms with van der Waals surface area (Å²) < 4.78 is 5.68. The third-order valence-corrected chi connectivity index (χ3v) is 4.55. The number of nitrogens with one attached hydrogen (secondary N) is 3. The summed E-state index contributed by atoms with van der Waals surface area (Å²) in [5.74, 6) is 0.199. The number of hydrogen-bond donors (Lipinski definition) is 3. The van der Waals surface area contributed by atoms with Gasteiger partial charge in [0.15, 0.2) is 0 Å². The van der Waals surface area contributed by atoms with Crippen molar-refractivity contribution in [2.24, 2.45) is 5.92 Å². The highest BCUT2D eigenvalue weighted by atomic mass is 16.5. The number of anilines is 3. The summed E-state index contributed by atoms with van der Waals surface area (Å²) >= 11 is 0. The molecule has 1 aliphatic heterocycles. The van der Waals surface area contributed by atoms with E-state index in [0.717, 1.165) is 16.9 Å². The van der Waals surface area contributed by atoms with Gasteiger partial charge in [0.25, 0.3) is 0 Å². The molecule has 1 amide bonds. The summed E-state index contributed by atoms with van der Waals surface area (Å²) in [6, 6.07) is 14.1. The van der Waals surface area contributed by atoms with E-state index in [2.05, 4.69) is 22.0 Å². The first-order valence-corrected chi connectivity index (χ1v) is 9.06. The number of fused-ring (bicyclic) bond motifs is 1. The number of aryl methyl sites for hydroxylation is 1. The topological polar surface area (TPSA) is 86.2 Å². The molecule has 0 bridgehead atoms. The monoisotopic (exact) mass is 364 g/mol. The molecular formula is C21H24N4O2. The standard InChI is InChI=1S/C21H24N4O2/c1-4-27-20-10-18-17(9-19(20)24-14(3)26)21(15(11-22)12-23-18)25-16-7-5-13(2)6-8-16/h5-10,15,21,23,25H,4,12H2,1-3H3,(H,24,26). The Bertz CT molecular complexity index is 871. The van der Waals surface area contributed by atoms with Crippen molar-refractivity contribution in [1.29, 1.82) is 5.26 Å². The molecule has 2 unspecified atom stereocenters. The number of ether oxygens (including phenoxy) is 1. The van der Waals surface area contributed by atoms with E-state index in [-0.39, 0.29) is 17.9 Å². The molecule has 6 heteroatoms. The maximum Gasteiger partial charge on any atom is 0.221 e. The zero-order chi connectivity index (χ0) is 19.4. The molecule has 0 fully saturated rings. The molecule has 1 heterocycles. The van der Waals surface area contributed by atoms with Crippen LogP contribution in [0.4, 0.5) is 17.1 Å². The van der Waals surface area contributed by atoms with Crippen molar-refractivity contribution in [3.8, 4) is 11.8 Å². The van der Waals surface area contributed by atoms with Gasteiger partial charge in [0.1, 0.15) is 5.75 Å². The maximum atomic E-state index is 11.6. The van der Waals surface area contributed by atoms with Crippen LogP contribution in [0.5, 0.6) is 5.75 Å². The van der Waals surface area contributed by atoms with Gasteiger partial charge in [-0.05, 0) is 32.0 Å². The fourth-order valence-electron chi connectivity index (χ4n) is 3.25. The largest absolute Gasteiger partial charge is 0.492 e. The van der Waals surface area contributed by atoms with Crippen LogP contribution in [0.15, 0.2) is 36.4 Å². The maximum absolute atomic E-state index is 11.6. The second-order valence-corrected chi connectivity index (χ2v) is 6.65. The molecule has 140 valence electrons. The van der Waals surface area contributed by atoms with E-state index in [9.17, 15) is 10.1 Å². The van der Waals surface area contributed by atoms with Gasteiger partial charge in [-0.15, -0.1) is 0 Å². The van der Waals surface area contributed by atoms with E-state index in [1.54, 1.807) is 0 Å². The molecule has 0 saturated carbocycles. The molecule has 3 N–H and O–H groups in total. The van der Waals surface area contributed by atoms with Crippen molar-refractivity contribution < 1.29 is 9.53 Å². The van der Waals surface area contributed by atoms with Crippen LogP contribution in [0, 0.1) is 24.2 Å². The number of rotatable bonds is 5. The first kappa shape index (κ1) is 18.6. The van der Waals surface area contributed by atoms with Crippen LogP contribution in [0.1, 0.15) is 31.0 Å². The number of nitrogens with zero attached hydrogens (tertiary/aromatic N) is 1. The summed E-state index contributed by atoms with van der Waals surface area (Å²) in [7, 11) is 0. The van der Waals surface area contributed by atoms with E-state index in [1.165, 1.54) is 12.5 Å². The third kappa shape index (κ3) is 4.14. The Kier molecular flexibility index (Phi) is 5.51. The second-order valence-electron chi connectivity index (χ2n) is 6.65. The number of carbonyl (C=O) groups is 1. The zero-order valence-corrected chi connectivity index (χ0v) is 15.8. The minimum absolute atomic E-state index is 0.167. The first-order valence-electron chi connectivity index (χ1n) is 9.06. The van der Waals surface area contributed by atoms with Gasteiger partial charge in [-0.2, -0.15) is 5.26 Å². The van der Waals surface area contributed by atoms with Crippen molar-refractivity contribution in [3.63, 3.8) is 0 Å². The van der Waals surface area contributed by atoms with Gasteiger partial charge in [0.05, 0.1) is 30.3 Å². The van der Waals surface area contributed by atoms with E-state index in [4.69, 9.17) is 4.74 Å². The zero-order valence-electron chi connectivity index (χ0n) is 15.8. The minimum Gasteiger partial charge on any atom is -0.492 e. The van der Waals surface area contributed by atoms with Gasteiger partial charge in [0.2, 0.25) is 5.91 Å². The van der Waals surface area contributed by atoms with E-state index in [0.29, 0.717) is 24.6 Å². The molecule has 2 atom stereocenters. The van der Waals surface area contributed by atoms with Crippen molar-refractivity contribution in [2.45, 2.75) is 26.8 Å². The second kappa shape index (κ2) is 8.00. The number of hydrogen-bond acceptors (Lipinski definition) is 5. The lowest BCUT2D eigenvalue weighted by Crippen LogP contribution is -2.31. The molecule has 1 aliphatic rings. The Balaban J connectivity index is 2.02. The molecule has 6 nitrogen and oxygen atoms in total. The first-order chi connectivity index (χ1) is 13.0. The van der Waals surface area contributed by atoms with E-state index >= 15 is 0 Å². The minimum atomic E-state index is -0.248. The molecule has 0 spiro atoms. The fraction of sp³-hybridized carbons (Fsp3) is 0.333. The Hall–Kier alpha value is -3.20. The van der Waals surface area contributed by atoms with Gasteiger partial charge < -0.3 is 20.7 Å². The van der Waals surface area contributed by atoms with Gasteiger partial charge >= 0.3 is 0 Å². The SMILES string of the molecule is CCOc1cc2c(cc1NC(C)=O)C(Nc1ccc(C)cc1)C(C#N)CN2. The Morgan fingerprint density at radius 2 is 2.07 bits per heavy atom. The lowest BCUT2D eigenvalue weighted by atomic mass is 9.88. The fourth-order valence-corrected chi connectivity index (χ4v) is 3.25. The van der Waals surface area contributed by atoms with Crippen LogP contribution in [0.2, 0.25) is 0 Å². The molecule has 0 saturated heterocycles. The van der Waals surface area contributed by atoms with Crippen molar-refractivity contribution in [3.05, 3.63) is 47.5 Å². The average Bonchev–Trinajstić information content (AvgIpc) is 2.64. The van der Waals surface area contributed by atoms with E-state index in [1.807, 2.05) is 50.2 Å². The molecule has 2 aromatic rings.